The second-order valence-corrected chi connectivity index (χ2v) is 6.99. The largest absolute Gasteiger partial charge is 0.444 e. The quantitative estimate of drug-likeness (QED) is 0.733. The molecule has 0 aliphatic carbocycles. The Bertz CT molecular complexity index is 294. The summed E-state index contributed by atoms with van der Waals surface area (Å²) in [6.45, 7) is 12.4. The van der Waals surface area contributed by atoms with Gasteiger partial charge in [-0.25, -0.2) is 4.79 Å². The predicted molar refractivity (Wildman–Crippen MR) is 86.6 cm³/mol. The lowest BCUT2D eigenvalue weighted by Gasteiger charge is -2.32. The van der Waals surface area contributed by atoms with E-state index in [1.807, 2.05) is 20.8 Å². The molecule has 5 heteroatoms. The number of nitrogens with zero attached hydrogens (tertiary/aromatic N) is 2. The third-order valence-corrected chi connectivity index (χ3v) is 3.67. The zero-order valence-electron chi connectivity index (χ0n) is 14.3. The minimum absolute atomic E-state index is 0.306. The number of carbonyl (C=O) groups excluding carboxylic acids is 1. The fraction of sp³-hybridized carbons (Fsp3) is 0.938. The Kier molecular flexibility index (Phi) is 8.04. The monoisotopic (exact) mass is 299 g/mol. The third-order valence-electron chi connectivity index (χ3n) is 3.67. The Morgan fingerprint density at radius 2 is 1.67 bits per heavy atom. The van der Waals surface area contributed by atoms with Crippen LogP contribution < -0.4 is 5.32 Å². The van der Waals surface area contributed by atoms with Crippen molar-refractivity contribution in [2.75, 3.05) is 46.3 Å². The fourth-order valence-electron chi connectivity index (χ4n) is 2.39. The number of unbranched alkanes of at least 4 members (excludes halogenated alkanes) is 3. The Morgan fingerprint density at radius 3 is 2.29 bits per heavy atom. The van der Waals surface area contributed by atoms with Gasteiger partial charge in [0.1, 0.15) is 5.60 Å². The summed E-state index contributed by atoms with van der Waals surface area (Å²) in [5.74, 6) is 0. The van der Waals surface area contributed by atoms with E-state index >= 15 is 0 Å². The molecule has 1 aliphatic heterocycles. The fourth-order valence-corrected chi connectivity index (χ4v) is 2.39. The summed E-state index contributed by atoms with van der Waals surface area (Å²) >= 11 is 0. The number of amides is 1. The molecular formula is C16H33N3O2. The highest BCUT2D eigenvalue weighted by Crippen LogP contribution is 2.07. The normalized spacial score (nSPS) is 17.7. The maximum Gasteiger partial charge on any atom is 0.407 e. The first-order valence-electron chi connectivity index (χ1n) is 8.24. The molecule has 1 aliphatic rings. The molecule has 0 aromatic carbocycles. The first-order valence-corrected chi connectivity index (χ1v) is 8.24. The summed E-state index contributed by atoms with van der Waals surface area (Å²) in [7, 11) is 2.19. The average molecular weight is 299 g/mol. The summed E-state index contributed by atoms with van der Waals surface area (Å²) in [6.07, 6.45) is 4.39. The van der Waals surface area contributed by atoms with Crippen LogP contribution in [0.2, 0.25) is 0 Å². The van der Waals surface area contributed by atoms with Crippen LogP contribution in [0, 0.1) is 0 Å². The molecule has 0 spiro atoms. The van der Waals surface area contributed by atoms with Gasteiger partial charge in [0.15, 0.2) is 0 Å². The van der Waals surface area contributed by atoms with E-state index in [4.69, 9.17) is 4.74 Å². The lowest BCUT2D eigenvalue weighted by atomic mass is 10.2. The standard InChI is InChI=1S/C16H33N3O2/c1-16(2,3)21-15(20)17-9-7-5-6-8-10-19-13-11-18(4)12-14-19/h5-14H2,1-4H3,(H,17,20). The van der Waals surface area contributed by atoms with Crippen molar-refractivity contribution in [2.24, 2.45) is 0 Å². The van der Waals surface area contributed by atoms with E-state index in [1.54, 1.807) is 0 Å². The predicted octanol–water partition coefficient (Wildman–Crippen LogP) is 2.32. The van der Waals surface area contributed by atoms with Crippen molar-refractivity contribution in [2.45, 2.75) is 52.1 Å². The molecule has 0 saturated carbocycles. The van der Waals surface area contributed by atoms with E-state index in [-0.39, 0.29) is 6.09 Å². The van der Waals surface area contributed by atoms with Crippen molar-refractivity contribution in [1.29, 1.82) is 0 Å². The SMILES string of the molecule is CN1CCN(CCCCCCNC(=O)OC(C)(C)C)CC1. The first-order chi connectivity index (χ1) is 9.87. The molecular weight excluding hydrogens is 266 g/mol. The number of piperazine rings is 1. The maximum atomic E-state index is 11.4. The minimum Gasteiger partial charge on any atom is -0.444 e. The van der Waals surface area contributed by atoms with Gasteiger partial charge < -0.3 is 19.9 Å². The van der Waals surface area contributed by atoms with Crippen LogP contribution in [0.15, 0.2) is 0 Å². The van der Waals surface area contributed by atoms with Gasteiger partial charge in [-0.3, -0.25) is 0 Å². The van der Waals surface area contributed by atoms with E-state index in [1.165, 1.54) is 52.0 Å². The van der Waals surface area contributed by atoms with E-state index in [0.717, 1.165) is 6.42 Å². The molecule has 0 atom stereocenters. The lowest BCUT2D eigenvalue weighted by Crippen LogP contribution is -2.44. The van der Waals surface area contributed by atoms with Crippen LogP contribution >= 0.6 is 0 Å². The van der Waals surface area contributed by atoms with Gasteiger partial charge in [0.05, 0.1) is 0 Å². The Balaban J connectivity index is 1.90. The minimum atomic E-state index is -0.410. The molecule has 21 heavy (non-hydrogen) atoms. The van der Waals surface area contributed by atoms with Crippen molar-refractivity contribution >= 4 is 6.09 Å². The summed E-state index contributed by atoms with van der Waals surface area (Å²) in [5.41, 5.74) is -0.410. The topological polar surface area (TPSA) is 44.8 Å². The summed E-state index contributed by atoms with van der Waals surface area (Å²) < 4.78 is 5.19. The highest BCUT2D eigenvalue weighted by atomic mass is 16.6. The van der Waals surface area contributed by atoms with Crippen LogP contribution in [-0.4, -0.2) is 67.8 Å². The molecule has 0 unspecified atom stereocenters. The smallest absolute Gasteiger partial charge is 0.407 e. The number of likely N-dealkylation sites (N-methyl/N-ethyl adjacent to an activating group) is 1. The van der Waals surface area contributed by atoms with Gasteiger partial charge in [0.25, 0.3) is 0 Å². The number of ether oxygens (including phenoxy) is 1. The third kappa shape index (κ3) is 9.69. The number of hydrogen-bond donors (Lipinski definition) is 1. The molecule has 1 heterocycles. The zero-order chi connectivity index (χ0) is 15.7. The van der Waals surface area contributed by atoms with Gasteiger partial charge in [0, 0.05) is 32.7 Å². The molecule has 0 aromatic rings. The van der Waals surface area contributed by atoms with Crippen LogP contribution in [0.5, 0.6) is 0 Å². The van der Waals surface area contributed by atoms with Crippen LogP contribution in [0.3, 0.4) is 0 Å². The summed E-state index contributed by atoms with van der Waals surface area (Å²) in [5, 5.41) is 2.81. The van der Waals surface area contributed by atoms with E-state index < -0.39 is 5.60 Å². The summed E-state index contributed by atoms with van der Waals surface area (Å²) in [6, 6.07) is 0. The van der Waals surface area contributed by atoms with Crippen molar-refractivity contribution in [3.63, 3.8) is 0 Å². The molecule has 0 aromatic heterocycles. The molecule has 1 N–H and O–H groups in total. The van der Waals surface area contributed by atoms with Gasteiger partial charge in [-0.2, -0.15) is 0 Å². The molecule has 1 saturated heterocycles. The highest BCUT2D eigenvalue weighted by molar-refractivity contribution is 5.67. The van der Waals surface area contributed by atoms with E-state index in [2.05, 4.69) is 22.2 Å². The zero-order valence-corrected chi connectivity index (χ0v) is 14.3. The molecule has 1 fully saturated rings. The second kappa shape index (κ2) is 9.26. The van der Waals surface area contributed by atoms with Crippen LogP contribution in [-0.2, 0) is 4.74 Å². The molecule has 1 amide bonds. The van der Waals surface area contributed by atoms with Crippen molar-refractivity contribution < 1.29 is 9.53 Å². The van der Waals surface area contributed by atoms with Crippen molar-refractivity contribution in [3.05, 3.63) is 0 Å². The first kappa shape index (κ1) is 18.2. The maximum absolute atomic E-state index is 11.4. The Labute approximate surface area is 130 Å². The Morgan fingerprint density at radius 1 is 1.05 bits per heavy atom. The Hall–Kier alpha value is -0.810. The van der Waals surface area contributed by atoms with Crippen molar-refractivity contribution in [1.82, 2.24) is 15.1 Å². The van der Waals surface area contributed by atoms with Crippen LogP contribution in [0.25, 0.3) is 0 Å². The van der Waals surface area contributed by atoms with Gasteiger partial charge >= 0.3 is 6.09 Å². The van der Waals surface area contributed by atoms with Gasteiger partial charge in [-0.05, 0) is 47.2 Å². The van der Waals surface area contributed by atoms with E-state index in [9.17, 15) is 4.79 Å². The van der Waals surface area contributed by atoms with Crippen LogP contribution in [0.1, 0.15) is 46.5 Å². The number of carbonyl (C=O) groups is 1. The molecule has 124 valence electrons. The molecule has 1 rings (SSSR count). The molecule has 5 nitrogen and oxygen atoms in total. The molecule has 0 radical (unpaired) electrons. The van der Waals surface area contributed by atoms with Crippen LogP contribution in [0.4, 0.5) is 4.79 Å². The van der Waals surface area contributed by atoms with E-state index in [0.29, 0.717) is 6.54 Å². The second-order valence-electron chi connectivity index (χ2n) is 6.99. The number of rotatable bonds is 7. The number of nitrogens with one attached hydrogen (secondary N) is 1. The number of alkyl carbamates (subject to hydrolysis) is 1. The highest BCUT2D eigenvalue weighted by Gasteiger charge is 2.15. The van der Waals surface area contributed by atoms with Crippen molar-refractivity contribution in [3.8, 4) is 0 Å². The van der Waals surface area contributed by atoms with Gasteiger partial charge in [-0.1, -0.05) is 12.8 Å². The molecule has 0 bridgehead atoms. The average Bonchev–Trinajstić information content (AvgIpc) is 2.37. The summed E-state index contributed by atoms with van der Waals surface area (Å²) in [4.78, 5) is 16.4. The van der Waals surface area contributed by atoms with Gasteiger partial charge in [-0.15, -0.1) is 0 Å². The lowest BCUT2D eigenvalue weighted by molar-refractivity contribution is 0.0527. The van der Waals surface area contributed by atoms with Gasteiger partial charge in [0.2, 0.25) is 0 Å². The number of hydrogen-bond acceptors (Lipinski definition) is 4.